The summed E-state index contributed by atoms with van der Waals surface area (Å²) in [5.74, 6) is -0.502. The van der Waals surface area contributed by atoms with E-state index in [1.807, 2.05) is 4.90 Å². The van der Waals surface area contributed by atoms with Gasteiger partial charge in [0.1, 0.15) is 29.7 Å². The lowest BCUT2D eigenvalue weighted by atomic mass is 10.0. The quantitative estimate of drug-likeness (QED) is 0.412. The maximum Gasteiger partial charge on any atom is 0.407 e. The Morgan fingerprint density at radius 1 is 1.05 bits per heavy atom. The molecule has 4 aromatic rings. The summed E-state index contributed by atoms with van der Waals surface area (Å²) < 4.78 is 31.5. The van der Waals surface area contributed by atoms with Crippen molar-refractivity contribution in [2.24, 2.45) is 0 Å². The number of rotatable bonds is 5. The standard InChI is InChI=1S/C25H25F2N9O3/c26-16-3-4-19(27)17(12-16)21-2-1-6-35(21)22-5-7-36-24(29-22)18(13-28-36)20-14-34(31-30-20)15-23(37)32-8-10-33(11-9-32)25(38)39/h3-5,7,12-14,21H,1-2,6,8-11,15H2,(H,38,39)/t21-/m1/s1. The largest absolute Gasteiger partial charge is 0.465 e. The highest BCUT2D eigenvalue weighted by atomic mass is 19.1. The minimum Gasteiger partial charge on any atom is -0.465 e. The van der Waals surface area contributed by atoms with E-state index in [2.05, 4.69) is 15.4 Å². The lowest BCUT2D eigenvalue weighted by molar-refractivity contribution is -0.133. The number of carbonyl (C=O) groups excluding carboxylic acids is 1. The third-order valence-corrected chi connectivity index (χ3v) is 7.23. The van der Waals surface area contributed by atoms with Crippen LogP contribution in [0.5, 0.6) is 0 Å². The van der Waals surface area contributed by atoms with Crippen LogP contribution in [0.1, 0.15) is 24.4 Å². The molecule has 3 aromatic heterocycles. The topological polar surface area (TPSA) is 125 Å². The minimum atomic E-state index is -0.991. The van der Waals surface area contributed by atoms with Gasteiger partial charge in [0.25, 0.3) is 0 Å². The molecule has 1 N–H and O–H groups in total. The first-order valence-corrected chi connectivity index (χ1v) is 12.6. The van der Waals surface area contributed by atoms with Gasteiger partial charge >= 0.3 is 6.09 Å². The zero-order valence-electron chi connectivity index (χ0n) is 20.8. The number of fused-ring (bicyclic) bond motifs is 1. The fourth-order valence-electron chi connectivity index (χ4n) is 5.22. The number of nitrogens with zero attached hydrogens (tertiary/aromatic N) is 9. The molecule has 0 radical (unpaired) electrons. The molecule has 14 heteroatoms. The predicted octanol–water partition coefficient (Wildman–Crippen LogP) is 2.43. The van der Waals surface area contributed by atoms with Crippen LogP contribution in [0.15, 0.2) is 42.9 Å². The van der Waals surface area contributed by atoms with E-state index in [-0.39, 0.29) is 31.6 Å². The number of hydrogen-bond donors (Lipinski definition) is 1. The molecule has 2 amide bonds. The molecule has 2 fully saturated rings. The van der Waals surface area contributed by atoms with Crippen molar-refractivity contribution in [2.75, 3.05) is 37.6 Å². The average Bonchev–Trinajstić information content (AvgIpc) is 3.69. The monoisotopic (exact) mass is 537 g/mol. The number of carboxylic acid groups (broad SMARTS) is 1. The van der Waals surface area contributed by atoms with Gasteiger partial charge in [-0.2, -0.15) is 5.10 Å². The Morgan fingerprint density at radius 3 is 2.64 bits per heavy atom. The van der Waals surface area contributed by atoms with Gasteiger partial charge in [0.2, 0.25) is 5.91 Å². The van der Waals surface area contributed by atoms with Gasteiger partial charge in [-0.3, -0.25) is 4.79 Å². The Morgan fingerprint density at radius 2 is 1.85 bits per heavy atom. The van der Waals surface area contributed by atoms with Crippen LogP contribution in [0.2, 0.25) is 0 Å². The maximum absolute atomic E-state index is 14.6. The highest BCUT2D eigenvalue weighted by Crippen LogP contribution is 2.37. The Bertz CT molecular complexity index is 1550. The van der Waals surface area contributed by atoms with Gasteiger partial charge in [-0.25, -0.2) is 27.8 Å². The van der Waals surface area contributed by atoms with Crippen molar-refractivity contribution >= 4 is 23.5 Å². The first-order chi connectivity index (χ1) is 18.9. The second-order valence-electron chi connectivity index (χ2n) is 9.58. The summed E-state index contributed by atoms with van der Waals surface area (Å²) in [5.41, 5.74) is 1.91. The van der Waals surface area contributed by atoms with Crippen molar-refractivity contribution in [3.8, 4) is 11.3 Å². The SMILES string of the molecule is O=C(O)N1CCN(C(=O)Cn2cc(-c3cnn4ccc(N5CCC[C@@H]5c5cc(F)ccc5F)nc34)nn2)CC1. The van der Waals surface area contributed by atoms with Crippen LogP contribution in [0.4, 0.5) is 19.4 Å². The Hall–Kier alpha value is -4.62. The summed E-state index contributed by atoms with van der Waals surface area (Å²) >= 11 is 0. The van der Waals surface area contributed by atoms with Crippen molar-refractivity contribution < 1.29 is 23.5 Å². The maximum atomic E-state index is 14.6. The molecule has 0 saturated carbocycles. The van der Waals surface area contributed by atoms with Gasteiger partial charge in [-0.15, -0.1) is 5.10 Å². The summed E-state index contributed by atoms with van der Waals surface area (Å²) in [6.07, 6.45) is 5.50. The number of benzene rings is 1. The highest BCUT2D eigenvalue weighted by Gasteiger charge is 2.30. The average molecular weight is 538 g/mol. The third kappa shape index (κ3) is 4.73. The molecule has 0 spiro atoms. The van der Waals surface area contributed by atoms with Gasteiger partial charge in [0.15, 0.2) is 5.65 Å². The Labute approximate surface area is 221 Å². The number of piperazine rings is 1. The molecule has 1 atom stereocenters. The molecule has 6 rings (SSSR count). The number of carbonyl (C=O) groups is 2. The van der Waals surface area contributed by atoms with Crippen LogP contribution in [0, 0.1) is 11.6 Å². The highest BCUT2D eigenvalue weighted by molar-refractivity contribution is 5.77. The van der Waals surface area contributed by atoms with Gasteiger partial charge < -0.3 is 19.8 Å². The number of amides is 2. The van der Waals surface area contributed by atoms with Crippen molar-refractivity contribution in [3.05, 3.63) is 60.1 Å². The lowest BCUT2D eigenvalue weighted by Crippen LogP contribution is -2.51. The Balaban J connectivity index is 1.21. The number of anilines is 1. The molecular weight excluding hydrogens is 512 g/mol. The number of hydrogen-bond acceptors (Lipinski definition) is 7. The van der Waals surface area contributed by atoms with Crippen LogP contribution in [-0.4, -0.2) is 89.2 Å². The van der Waals surface area contributed by atoms with Crippen molar-refractivity contribution in [3.63, 3.8) is 0 Å². The van der Waals surface area contributed by atoms with Crippen molar-refractivity contribution in [1.82, 2.24) is 39.4 Å². The Kier molecular flexibility index (Phi) is 6.29. The zero-order chi connectivity index (χ0) is 27.1. The summed E-state index contributed by atoms with van der Waals surface area (Å²) in [6.45, 7) is 1.79. The number of halogens is 2. The first kappa shape index (κ1) is 24.7. The molecule has 2 saturated heterocycles. The molecule has 2 aliphatic rings. The molecule has 2 aliphatic heterocycles. The van der Waals surface area contributed by atoms with Gasteiger partial charge in [0.05, 0.1) is 24.0 Å². The lowest BCUT2D eigenvalue weighted by Gasteiger charge is -2.33. The zero-order valence-corrected chi connectivity index (χ0v) is 20.8. The van der Waals surface area contributed by atoms with Crippen LogP contribution < -0.4 is 4.90 Å². The normalized spacial score (nSPS) is 17.8. The fraction of sp³-hybridized carbons (Fsp3) is 0.360. The molecule has 1 aromatic carbocycles. The molecule has 0 bridgehead atoms. The van der Waals surface area contributed by atoms with E-state index in [4.69, 9.17) is 10.1 Å². The van der Waals surface area contributed by atoms with E-state index in [1.165, 1.54) is 15.6 Å². The fourth-order valence-corrected chi connectivity index (χ4v) is 5.22. The van der Waals surface area contributed by atoms with Gasteiger partial charge in [-0.05, 0) is 37.1 Å². The van der Waals surface area contributed by atoms with E-state index in [0.29, 0.717) is 54.3 Å². The molecule has 202 valence electrons. The molecule has 39 heavy (non-hydrogen) atoms. The van der Waals surface area contributed by atoms with Crippen LogP contribution in [0.3, 0.4) is 0 Å². The first-order valence-electron chi connectivity index (χ1n) is 12.6. The summed E-state index contributed by atoms with van der Waals surface area (Å²) in [7, 11) is 0. The summed E-state index contributed by atoms with van der Waals surface area (Å²) in [6, 6.07) is 4.95. The second kappa shape index (κ2) is 9.93. The smallest absolute Gasteiger partial charge is 0.407 e. The molecule has 5 heterocycles. The molecule has 12 nitrogen and oxygen atoms in total. The molecule has 0 aliphatic carbocycles. The summed E-state index contributed by atoms with van der Waals surface area (Å²) in [5, 5.41) is 21.7. The molecular formula is C25H25F2N9O3. The number of aromatic nitrogens is 6. The van der Waals surface area contributed by atoms with Crippen molar-refractivity contribution in [2.45, 2.75) is 25.4 Å². The van der Waals surface area contributed by atoms with Crippen molar-refractivity contribution in [1.29, 1.82) is 0 Å². The van der Waals surface area contributed by atoms with Crippen LogP contribution in [-0.2, 0) is 11.3 Å². The minimum absolute atomic E-state index is 0.0351. The predicted molar refractivity (Wildman–Crippen MR) is 134 cm³/mol. The van der Waals surface area contributed by atoms with E-state index in [9.17, 15) is 18.4 Å². The van der Waals surface area contributed by atoms with E-state index in [0.717, 1.165) is 18.6 Å². The van der Waals surface area contributed by atoms with E-state index >= 15 is 0 Å². The van der Waals surface area contributed by atoms with Crippen LogP contribution in [0.25, 0.3) is 16.9 Å². The second-order valence-corrected chi connectivity index (χ2v) is 9.58. The van der Waals surface area contributed by atoms with Gasteiger partial charge in [-0.1, -0.05) is 5.21 Å². The van der Waals surface area contributed by atoms with E-state index in [1.54, 1.807) is 34.1 Å². The summed E-state index contributed by atoms with van der Waals surface area (Å²) in [4.78, 5) is 33.5. The van der Waals surface area contributed by atoms with Crippen LogP contribution >= 0.6 is 0 Å². The van der Waals surface area contributed by atoms with Gasteiger partial charge in [0, 0.05) is 44.5 Å². The third-order valence-electron chi connectivity index (χ3n) is 7.23. The van der Waals surface area contributed by atoms with E-state index < -0.39 is 17.7 Å². The molecule has 0 unspecified atom stereocenters.